The van der Waals surface area contributed by atoms with Crippen LogP contribution in [0.4, 0.5) is 5.69 Å². The number of unbranched alkanes of at least 4 members (excludes halogenated alkanes) is 1. The molecule has 1 atom stereocenters. The highest BCUT2D eigenvalue weighted by molar-refractivity contribution is 5.34. The van der Waals surface area contributed by atoms with Gasteiger partial charge in [-0.1, -0.05) is 38.8 Å². The van der Waals surface area contributed by atoms with Crippen molar-refractivity contribution >= 4 is 5.69 Å². The van der Waals surface area contributed by atoms with Crippen molar-refractivity contribution in [2.45, 2.75) is 39.0 Å². The Morgan fingerprint density at radius 3 is 2.40 bits per heavy atom. The van der Waals surface area contributed by atoms with Gasteiger partial charge >= 0.3 is 0 Å². The Kier molecular flexibility index (Phi) is 4.28. The zero-order valence-electron chi connectivity index (χ0n) is 9.27. The van der Waals surface area contributed by atoms with Gasteiger partial charge in [-0.15, -0.1) is 0 Å². The first kappa shape index (κ1) is 11.7. The average molecular weight is 207 g/mol. The van der Waals surface area contributed by atoms with Crippen molar-refractivity contribution in [2.24, 2.45) is 0 Å². The molecule has 0 amide bonds. The van der Waals surface area contributed by atoms with E-state index in [9.17, 15) is 10.1 Å². The van der Waals surface area contributed by atoms with Crippen LogP contribution in [-0.2, 0) is 0 Å². The van der Waals surface area contributed by atoms with Gasteiger partial charge in [0.25, 0.3) is 5.69 Å². The summed E-state index contributed by atoms with van der Waals surface area (Å²) in [4.78, 5) is 10.1. The van der Waals surface area contributed by atoms with Gasteiger partial charge in [-0.2, -0.15) is 0 Å². The second-order valence-electron chi connectivity index (χ2n) is 3.89. The lowest BCUT2D eigenvalue weighted by Crippen LogP contribution is -1.94. The molecule has 0 N–H and O–H groups in total. The van der Waals surface area contributed by atoms with Gasteiger partial charge in [-0.25, -0.2) is 0 Å². The van der Waals surface area contributed by atoms with E-state index in [2.05, 4.69) is 13.8 Å². The molecule has 15 heavy (non-hydrogen) atoms. The molecule has 0 fully saturated rings. The van der Waals surface area contributed by atoms with Crippen LogP contribution in [-0.4, -0.2) is 4.92 Å². The van der Waals surface area contributed by atoms with E-state index in [0.717, 1.165) is 6.42 Å². The molecule has 3 nitrogen and oxygen atoms in total. The Bertz CT molecular complexity index is 319. The van der Waals surface area contributed by atoms with E-state index in [-0.39, 0.29) is 10.6 Å². The van der Waals surface area contributed by atoms with Crippen molar-refractivity contribution < 1.29 is 4.92 Å². The van der Waals surface area contributed by atoms with E-state index in [1.54, 1.807) is 12.1 Å². The van der Waals surface area contributed by atoms with Gasteiger partial charge in [0.1, 0.15) is 0 Å². The molecule has 1 unspecified atom stereocenters. The van der Waals surface area contributed by atoms with E-state index in [1.165, 1.54) is 18.4 Å². The molecular weight excluding hydrogens is 190 g/mol. The van der Waals surface area contributed by atoms with Crippen molar-refractivity contribution in [3.63, 3.8) is 0 Å². The molecule has 0 saturated carbocycles. The van der Waals surface area contributed by atoms with Gasteiger partial charge in [0.15, 0.2) is 0 Å². The quantitative estimate of drug-likeness (QED) is 0.543. The van der Waals surface area contributed by atoms with E-state index >= 15 is 0 Å². The SMILES string of the molecule is CCCCC(C)c1ccc([N+](=O)[O-])cc1. The molecule has 3 heteroatoms. The highest BCUT2D eigenvalue weighted by Gasteiger charge is 2.08. The average Bonchev–Trinajstić information content (AvgIpc) is 2.26. The molecule has 82 valence electrons. The van der Waals surface area contributed by atoms with E-state index < -0.39 is 0 Å². The van der Waals surface area contributed by atoms with Crippen LogP contribution in [0, 0.1) is 10.1 Å². The van der Waals surface area contributed by atoms with Crippen molar-refractivity contribution in [1.82, 2.24) is 0 Å². The minimum atomic E-state index is -0.361. The highest BCUT2D eigenvalue weighted by Crippen LogP contribution is 2.23. The van der Waals surface area contributed by atoms with Crippen molar-refractivity contribution in [3.8, 4) is 0 Å². The van der Waals surface area contributed by atoms with E-state index in [1.807, 2.05) is 12.1 Å². The van der Waals surface area contributed by atoms with Gasteiger partial charge in [-0.3, -0.25) is 10.1 Å². The minimum Gasteiger partial charge on any atom is -0.258 e. The fraction of sp³-hybridized carbons (Fsp3) is 0.500. The Labute approximate surface area is 90.3 Å². The third kappa shape index (κ3) is 3.35. The Morgan fingerprint density at radius 2 is 1.93 bits per heavy atom. The molecule has 0 aliphatic rings. The number of benzene rings is 1. The maximum absolute atomic E-state index is 10.5. The molecule has 1 aromatic rings. The van der Waals surface area contributed by atoms with Gasteiger partial charge in [0.2, 0.25) is 0 Å². The lowest BCUT2D eigenvalue weighted by atomic mass is 9.95. The zero-order valence-corrected chi connectivity index (χ0v) is 9.27. The second kappa shape index (κ2) is 5.49. The summed E-state index contributed by atoms with van der Waals surface area (Å²) in [5, 5.41) is 10.5. The molecule has 0 saturated heterocycles. The third-order valence-corrected chi connectivity index (χ3v) is 2.66. The summed E-state index contributed by atoms with van der Waals surface area (Å²) in [6.07, 6.45) is 3.55. The van der Waals surface area contributed by atoms with Crippen LogP contribution < -0.4 is 0 Å². The fourth-order valence-electron chi connectivity index (χ4n) is 1.60. The first-order valence-corrected chi connectivity index (χ1v) is 5.39. The Morgan fingerprint density at radius 1 is 1.33 bits per heavy atom. The number of rotatable bonds is 5. The molecule has 0 heterocycles. The Hall–Kier alpha value is -1.38. The van der Waals surface area contributed by atoms with Crippen LogP contribution in [0.3, 0.4) is 0 Å². The fourth-order valence-corrected chi connectivity index (χ4v) is 1.60. The maximum Gasteiger partial charge on any atom is 0.269 e. The minimum absolute atomic E-state index is 0.168. The molecule has 0 spiro atoms. The van der Waals surface area contributed by atoms with Gasteiger partial charge in [0.05, 0.1) is 4.92 Å². The van der Waals surface area contributed by atoms with Gasteiger partial charge < -0.3 is 0 Å². The summed E-state index contributed by atoms with van der Waals surface area (Å²) in [5.74, 6) is 0.491. The molecule has 0 bridgehead atoms. The molecule has 0 radical (unpaired) electrons. The highest BCUT2D eigenvalue weighted by atomic mass is 16.6. The molecule has 0 aliphatic heterocycles. The normalized spacial score (nSPS) is 12.4. The van der Waals surface area contributed by atoms with Crippen LogP contribution in [0.2, 0.25) is 0 Å². The van der Waals surface area contributed by atoms with Crippen LogP contribution in [0.25, 0.3) is 0 Å². The largest absolute Gasteiger partial charge is 0.269 e. The van der Waals surface area contributed by atoms with Crippen molar-refractivity contribution in [1.29, 1.82) is 0 Å². The second-order valence-corrected chi connectivity index (χ2v) is 3.89. The van der Waals surface area contributed by atoms with Crippen LogP contribution >= 0.6 is 0 Å². The van der Waals surface area contributed by atoms with Crippen molar-refractivity contribution in [3.05, 3.63) is 39.9 Å². The van der Waals surface area contributed by atoms with Crippen LogP contribution in [0.1, 0.15) is 44.6 Å². The Balaban J connectivity index is 2.66. The summed E-state index contributed by atoms with van der Waals surface area (Å²) in [5.41, 5.74) is 1.36. The first-order chi connectivity index (χ1) is 7.15. The molecule has 1 rings (SSSR count). The van der Waals surface area contributed by atoms with Gasteiger partial charge in [0, 0.05) is 12.1 Å². The summed E-state index contributed by atoms with van der Waals surface area (Å²) in [7, 11) is 0. The number of nitrogens with zero attached hydrogens (tertiary/aromatic N) is 1. The molecular formula is C12H17NO2. The molecule has 1 aromatic carbocycles. The number of hydrogen-bond donors (Lipinski definition) is 0. The summed E-state index contributed by atoms with van der Waals surface area (Å²) < 4.78 is 0. The van der Waals surface area contributed by atoms with Crippen LogP contribution in [0.15, 0.2) is 24.3 Å². The topological polar surface area (TPSA) is 43.1 Å². The molecule has 0 aromatic heterocycles. The zero-order chi connectivity index (χ0) is 11.3. The number of nitro benzene ring substituents is 1. The predicted molar refractivity (Wildman–Crippen MR) is 61.0 cm³/mol. The van der Waals surface area contributed by atoms with E-state index in [0.29, 0.717) is 5.92 Å². The van der Waals surface area contributed by atoms with Crippen molar-refractivity contribution in [2.75, 3.05) is 0 Å². The molecule has 0 aliphatic carbocycles. The lowest BCUT2D eigenvalue weighted by Gasteiger charge is -2.10. The number of nitro groups is 1. The first-order valence-electron chi connectivity index (χ1n) is 5.39. The summed E-state index contributed by atoms with van der Waals surface area (Å²) in [6, 6.07) is 6.88. The third-order valence-electron chi connectivity index (χ3n) is 2.66. The number of hydrogen-bond acceptors (Lipinski definition) is 2. The summed E-state index contributed by atoms with van der Waals surface area (Å²) in [6.45, 7) is 4.33. The summed E-state index contributed by atoms with van der Waals surface area (Å²) >= 11 is 0. The predicted octanol–water partition coefficient (Wildman–Crippen LogP) is 3.89. The smallest absolute Gasteiger partial charge is 0.258 e. The maximum atomic E-state index is 10.5. The van der Waals surface area contributed by atoms with E-state index in [4.69, 9.17) is 0 Å². The monoisotopic (exact) mass is 207 g/mol. The van der Waals surface area contributed by atoms with Crippen LogP contribution in [0.5, 0.6) is 0 Å². The van der Waals surface area contributed by atoms with Gasteiger partial charge in [-0.05, 0) is 17.9 Å². The standard InChI is InChI=1S/C12H17NO2/c1-3-4-5-10(2)11-6-8-12(9-7-11)13(14)15/h6-10H,3-5H2,1-2H3. The number of non-ortho nitro benzene ring substituents is 1. The lowest BCUT2D eigenvalue weighted by molar-refractivity contribution is -0.384.